The van der Waals surface area contributed by atoms with Crippen molar-refractivity contribution in [3.8, 4) is 0 Å². The van der Waals surface area contributed by atoms with E-state index in [1.54, 1.807) is 0 Å². The molecular formula is C16H32O4Si. The lowest BCUT2D eigenvalue weighted by Gasteiger charge is -2.43. The number of fused-ring (bicyclic) bond motifs is 1. The van der Waals surface area contributed by atoms with Gasteiger partial charge in [-0.25, -0.2) is 0 Å². The number of ether oxygens (including phenoxy) is 2. The molecule has 2 aliphatic rings. The summed E-state index contributed by atoms with van der Waals surface area (Å²) in [6.45, 7) is 12.7. The van der Waals surface area contributed by atoms with Crippen LogP contribution >= 0.6 is 0 Å². The average molecular weight is 317 g/mol. The molecule has 1 aliphatic carbocycles. The SMILES string of the molecule is CC[Si](CC)(CC)O[C@H]1C[C@H](C)[C@@H](O)[C@@H]2OC(C)(C)O[C@@H]21. The minimum Gasteiger partial charge on any atom is -0.411 e. The van der Waals surface area contributed by atoms with Gasteiger partial charge in [0.15, 0.2) is 14.1 Å². The van der Waals surface area contributed by atoms with Crippen molar-refractivity contribution in [2.75, 3.05) is 0 Å². The van der Waals surface area contributed by atoms with Gasteiger partial charge in [-0.2, -0.15) is 0 Å². The number of aliphatic hydroxyl groups is 1. The summed E-state index contributed by atoms with van der Waals surface area (Å²) in [6, 6.07) is 3.40. The smallest absolute Gasteiger partial charge is 0.192 e. The van der Waals surface area contributed by atoms with E-state index in [4.69, 9.17) is 13.9 Å². The first kappa shape index (κ1) is 17.4. The Morgan fingerprint density at radius 1 is 1.10 bits per heavy atom. The minimum absolute atomic E-state index is 0.0571. The van der Waals surface area contributed by atoms with Gasteiger partial charge >= 0.3 is 0 Å². The highest BCUT2D eigenvalue weighted by Gasteiger charge is 2.54. The van der Waals surface area contributed by atoms with Crippen molar-refractivity contribution >= 4 is 8.32 Å². The van der Waals surface area contributed by atoms with Gasteiger partial charge in [-0.3, -0.25) is 0 Å². The molecule has 2 fully saturated rings. The van der Waals surface area contributed by atoms with E-state index in [0.29, 0.717) is 0 Å². The third kappa shape index (κ3) is 3.37. The molecule has 21 heavy (non-hydrogen) atoms. The van der Waals surface area contributed by atoms with Crippen molar-refractivity contribution in [2.24, 2.45) is 5.92 Å². The molecule has 1 saturated heterocycles. The largest absolute Gasteiger partial charge is 0.411 e. The zero-order valence-corrected chi connectivity index (χ0v) is 15.4. The maximum Gasteiger partial charge on any atom is 0.192 e. The molecule has 0 spiro atoms. The second-order valence-electron chi connectivity index (χ2n) is 7.17. The molecule has 2 rings (SSSR count). The normalized spacial score (nSPS) is 39.3. The lowest BCUT2D eigenvalue weighted by atomic mass is 9.82. The molecule has 0 amide bonds. The summed E-state index contributed by atoms with van der Waals surface area (Å²) in [5.74, 6) is -0.442. The summed E-state index contributed by atoms with van der Waals surface area (Å²) in [5.41, 5.74) is 0. The van der Waals surface area contributed by atoms with Gasteiger partial charge in [0.25, 0.3) is 0 Å². The Hall–Kier alpha value is 0.0569. The molecule has 0 radical (unpaired) electrons. The second-order valence-corrected chi connectivity index (χ2v) is 11.9. The van der Waals surface area contributed by atoms with Crippen molar-refractivity contribution in [1.29, 1.82) is 0 Å². The molecule has 5 atom stereocenters. The molecule has 124 valence electrons. The van der Waals surface area contributed by atoms with Gasteiger partial charge in [-0.15, -0.1) is 0 Å². The second kappa shape index (κ2) is 6.28. The van der Waals surface area contributed by atoms with E-state index in [-0.39, 0.29) is 24.2 Å². The fraction of sp³-hybridized carbons (Fsp3) is 1.00. The monoisotopic (exact) mass is 316 g/mol. The van der Waals surface area contributed by atoms with Crippen molar-refractivity contribution in [3.05, 3.63) is 0 Å². The highest BCUT2D eigenvalue weighted by atomic mass is 28.4. The summed E-state index contributed by atoms with van der Waals surface area (Å²) in [4.78, 5) is 0. The molecule has 1 heterocycles. The summed E-state index contributed by atoms with van der Waals surface area (Å²) >= 11 is 0. The maximum absolute atomic E-state index is 10.4. The lowest BCUT2D eigenvalue weighted by Crippen LogP contribution is -2.55. The van der Waals surface area contributed by atoms with Gasteiger partial charge < -0.3 is 19.0 Å². The van der Waals surface area contributed by atoms with Gasteiger partial charge in [-0.05, 0) is 44.3 Å². The number of aliphatic hydroxyl groups excluding tert-OH is 1. The maximum atomic E-state index is 10.4. The number of hydrogen-bond donors (Lipinski definition) is 1. The van der Waals surface area contributed by atoms with Crippen molar-refractivity contribution in [1.82, 2.24) is 0 Å². The fourth-order valence-electron chi connectivity index (χ4n) is 3.77. The van der Waals surface area contributed by atoms with Crippen LogP contribution in [0.25, 0.3) is 0 Å². The van der Waals surface area contributed by atoms with Crippen LogP contribution in [0.1, 0.15) is 48.0 Å². The molecule has 0 bridgehead atoms. The van der Waals surface area contributed by atoms with Gasteiger partial charge in [0.1, 0.15) is 12.2 Å². The Morgan fingerprint density at radius 2 is 1.62 bits per heavy atom. The van der Waals surface area contributed by atoms with Gasteiger partial charge in [0.05, 0.1) is 12.2 Å². The molecule has 0 unspecified atom stereocenters. The van der Waals surface area contributed by atoms with E-state index in [2.05, 4.69) is 27.7 Å². The minimum atomic E-state index is -1.68. The number of rotatable bonds is 5. The zero-order chi connectivity index (χ0) is 15.8. The molecule has 1 aliphatic heterocycles. The topological polar surface area (TPSA) is 47.9 Å². The van der Waals surface area contributed by atoms with Crippen molar-refractivity contribution in [2.45, 2.75) is 96.3 Å². The Labute approximate surface area is 130 Å². The van der Waals surface area contributed by atoms with E-state index in [0.717, 1.165) is 24.6 Å². The van der Waals surface area contributed by atoms with Crippen LogP contribution in [0.3, 0.4) is 0 Å². The third-order valence-corrected chi connectivity index (χ3v) is 10.1. The zero-order valence-electron chi connectivity index (χ0n) is 14.4. The van der Waals surface area contributed by atoms with E-state index in [9.17, 15) is 5.11 Å². The first-order valence-electron chi connectivity index (χ1n) is 8.49. The standard InChI is InChI=1S/C16H32O4Si/c1-7-21(8-2,9-3)20-12-10-11(4)13(17)15-14(12)18-16(5,6)19-15/h11-15,17H,7-10H2,1-6H3/t11-,12-,13+,14+,15-/m0/s1. The number of hydrogen-bond acceptors (Lipinski definition) is 4. The van der Waals surface area contributed by atoms with Crippen LogP contribution in [0.2, 0.25) is 18.1 Å². The predicted octanol–water partition coefficient (Wildman–Crippen LogP) is 3.30. The predicted molar refractivity (Wildman–Crippen MR) is 85.7 cm³/mol. The lowest BCUT2D eigenvalue weighted by molar-refractivity contribution is -0.157. The quantitative estimate of drug-likeness (QED) is 0.791. The summed E-state index contributed by atoms with van der Waals surface area (Å²) in [6.07, 6.45) is 0.0595. The van der Waals surface area contributed by atoms with Crippen LogP contribution in [-0.2, 0) is 13.9 Å². The fourth-order valence-corrected chi connectivity index (χ4v) is 6.64. The van der Waals surface area contributed by atoms with E-state index >= 15 is 0 Å². The first-order valence-corrected chi connectivity index (χ1v) is 11.0. The molecular weight excluding hydrogens is 284 g/mol. The van der Waals surface area contributed by atoms with Crippen LogP contribution in [0.15, 0.2) is 0 Å². The Bertz CT molecular complexity index is 348. The first-order chi connectivity index (χ1) is 9.77. The van der Waals surface area contributed by atoms with Crippen molar-refractivity contribution < 1.29 is 19.0 Å². The van der Waals surface area contributed by atoms with E-state index < -0.39 is 20.2 Å². The Morgan fingerprint density at radius 3 is 2.14 bits per heavy atom. The van der Waals surface area contributed by atoms with Gasteiger partial charge in [-0.1, -0.05) is 27.7 Å². The van der Waals surface area contributed by atoms with Crippen LogP contribution in [0.4, 0.5) is 0 Å². The van der Waals surface area contributed by atoms with Crippen LogP contribution in [0.5, 0.6) is 0 Å². The summed E-state index contributed by atoms with van der Waals surface area (Å²) < 4.78 is 18.7. The van der Waals surface area contributed by atoms with Crippen molar-refractivity contribution in [3.63, 3.8) is 0 Å². The molecule has 0 aromatic rings. The third-order valence-electron chi connectivity index (χ3n) is 5.39. The van der Waals surface area contributed by atoms with Crippen LogP contribution < -0.4 is 0 Å². The summed E-state index contributed by atoms with van der Waals surface area (Å²) in [7, 11) is -1.68. The van der Waals surface area contributed by atoms with E-state index in [1.807, 2.05) is 13.8 Å². The average Bonchev–Trinajstić information content (AvgIpc) is 2.78. The van der Waals surface area contributed by atoms with Crippen LogP contribution in [-0.4, -0.2) is 43.6 Å². The van der Waals surface area contributed by atoms with Gasteiger partial charge in [0, 0.05) is 0 Å². The van der Waals surface area contributed by atoms with E-state index in [1.165, 1.54) is 0 Å². The van der Waals surface area contributed by atoms with Crippen LogP contribution in [0, 0.1) is 5.92 Å². The highest BCUT2D eigenvalue weighted by Crippen LogP contribution is 2.42. The highest BCUT2D eigenvalue weighted by molar-refractivity contribution is 6.73. The Balaban J connectivity index is 2.19. The summed E-state index contributed by atoms with van der Waals surface area (Å²) in [5, 5.41) is 10.4. The van der Waals surface area contributed by atoms with Gasteiger partial charge in [0.2, 0.25) is 0 Å². The molecule has 4 nitrogen and oxygen atoms in total. The molecule has 5 heteroatoms. The molecule has 1 saturated carbocycles. The molecule has 1 N–H and O–H groups in total. The molecule has 0 aromatic heterocycles. The molecule has 0 aromatic carbocycles. The Kier molecular flexibility index (Phi) is 5.21.